The molecular formula is C18H20N4O2. The molecule has 1 N–H and O–H groups in total. The van der Waals surface area contributed by atoms with Crippen LogP contribution in [0.25, 0.3) is 0 Å². The third-order valence-electron chi connectivity index (χ3n) is 3.90. The van der Waals surface area contributed by atoms with Crippen LogP contribution in [-0.2, 0) is 11.3 Å². The van der Waals surface area contributed by atoms with Crippen molar-refractivity contribution < 1.29 is 9.47 Å². The Morgan fingerprint density at radius 3 is 3.04 bits per heavy atom. The van der Waals surface area contributed by atoms with Crippen molar-refractivity contribution in [1.29, 1.82) is 5.26 Å². The zero-order valence-electron chi connectivity index (χ0n) is 13.9. The van der Waals surface area contributed by atoms with Gasteiger partial charge in [-0.1, -0.05) is 0 Å². The number of nitrogens with zero attached hydrogens (tertiary/aromatic N) is 3. The lowest BCUT2D eigenvalue weighted by atomic mass is 10.1. The van der Waals surface area contributed by atoms with Crippen molar-refractivity contribution in [2.45, 2.75) is 32.9 Å². The number of hydrogen-bond donors (Lipinski definition) is 1. The summed E-state index contributed by atoms with van der Waals surface area (Å²) in [7, 11) is 0. The van der Waals surface area contributed by atoms with Crippen LogP contribution in [0.2, 0.25) is 0 Å². The highest BCUT2D eigenvalue weighted by molar-refractivity contribution is 5.60. The van der Waals surface area contributed by atoms with E-state index < -0.39 is 0 Å². The van der Waals surface area contributed by atoms with Crippen molar-refractivity contribution in [3.63, 3.8) is 0 Å². The van der Waals surface area contributed by atoms with Gasteiger partial charge >= 0.3 is 0 Å². The van der Waals surface area contributed by atoms with Crippen LogP contribution in [0.4, 0.5) is 5.69 Å². The minimum atomic E-state index is 0.0800. The van der Waals surface area contributed by atoms with Crippen molar-refractivity contribution in [2.24, 2.45) is 0 Å². The highest BCUT2D eigenvalue weighted by Crippen LogP contribution is 2.21. The number of rotatable bonds is 5. The molecule has 2 aromatic heterocycles. The summed E-state index contributed by atoms with van der Waals surface area (Å²) < 4.78 is 11.1. The molecule has 6 heteroatoms. The van der Waals surface area contributed by atoms with Crippen molar-refractivity contribution in [2.75, 3.05) is 18.5 Å². The molecule has 0 amide bonds. The Hall–Kier alpha value is -2.65. The molecule has 3 heterocycles. The topological polar surface area (TPSA) is 80.1 Å². The second kappa shape index (κ2) is 7.28. The Balaban J connectivity index is 1.70. The monoisotopic (exact) mass is 324 g/mol. The summed E-state index contributed by atoms with van der Waals surface area (Å²) in [6.45, 7) is 5.70. The molecule has 0 spiro atoms. The number of nitrogens with one attached hydrogen (secondary N) is 1. The van der Waals surface area contributed by atoms with E-state index in [1.165, 1.54) is 0 Å². The molecule has 2 aromatic rings. The summed E-state index contributed by atoms with van der Waals surface area (Å²) in [4.78, 5) is 8.58. The second-order valence-electron chi connectivity index (χ2n) is 5.84. The first-order chi connectivity index (χ1) is 11.7. The van der Waals surface area contributed by atoms with Crippen LogP contribution in [0.1, 0.15) is 28.9 Å². The van der Waals surface area contributed by atoms with Gasteiger partial charge in [-0.15, -0.1) is 0 Å². The number of nitriles is 1. The molecule has 1 atom stereocenters. The summed E-state index contributed by atoms with van der Waals surface area (Å²) in [5, 5.41) is 12.6. The predicted molar refractivity (Wildman–Crippen MR) is 89.8 cm³/mol. The van der Waals surface area contributed by atoms with E-state index >= 15 is 0 Å². The van der Waals surface area contributed by atoms with Gasteiger partial charge in [0.15, 0.2) is 0 Å². The van der Waals surface area contributed by atoms with E-state index in [1.807, 2.05) is 32.0 Å². The molecular weight excluding hydrogens is 304 g/mol. The van der Waals surface area contributed by atoms with Crippen LogP contribution < -0.4 is 10.1 Å². The molecule has 124 valence electrons. The zero-order valence-corrected chi connectivity index (χ0v) is 13.9. The highest BCUT2D eigenvalue weighted by Gasteiger charge is 2.17. The Morgan fingerprint density at radius 2 is 2.29 bits per heavy atom. The van der Waals surface area contributed by atoms with E-state index in [4.69, 9.17) is 9.47 Å². The minimum Gasteiger partial charge on any atom is -0.472 e. The molecule has 1 aliphatic rings. The first-order valence-electron chi connectivity index (χ1n) is 7.97. The van der Waals surface area contributed by atoms with Crippen LogP contribution in [0.3, 0.4) is 0 Å². The lowest BCUT2D eigenvalue weighted by Gasteiger charge is -2.13. The number of pyridine rings is 2. The fourth-order valence-corrected chi connectivity index (χ4v) is 2.71. The number of anilines is 1. The number of ether oxygens (including phenoxy) is 2. The summed E-state index contributed by atoms with van der Waals surface area (Å²) in [5.41, 5.74) is 4.03. The highest BCUT2D eigenvalue weighted by atomic mass is 16.5. The largest absolute Gasteiger partial charge is 0.472 e. The molecule has 0 aliphatic carbocycles. The van der Waals surface area contributed by atoms with Gasteiger partial charge in [0.2, 0.25) is 5.88 Å². The summed E-state index contributed by atoms with van der Waals surface area (Å²) in [5.74, 6) is 0.604. The smallest absolute Gasteiger partial charge is 0.213 e. The van der Waals surface area contributed by atoms with Gasteiger partial charge in [0.05, 0.1) is 30.2 Å². The Kier molecular flexibility index (Phi) is 4.92. The summed E-state index contributed by atoms with van der Waals surface area (Å²) in [6, 6.07) is 7.94. The van der Waals surface area contributed by atoms with Crippen LogP contribution in [0.15, 0.2) is 24.4 Å². The van der Waals surface area contributed by atoms with Gasteiger partial charge in [-0.25, -0.2) is 4.98 Å². The predicted octanol–water partition coefficient (Wildman–Crippen LogP) is 2.74. The molecule has 24 heavy (non-hydrogen) atoms. The third kappa shape index (κ3) is 3.81. The lowest BCUT2D eigenvalue weighted by molar-refractivity contribution is 0.138. The third-order valence-corrected chi connectivity index (χ3v) is 3.90. The molecule has 0 radical (unpaired) electrons. The maximum absolute atomic E-state index is 9.32. The van der Waals surface area contributed by atoms with E-state index in [0.29, 0.717) is 24.6 Å². The Bertz CT molecular complexity index is 764. The Labute approximate surface area is 141 Å². The lowest BCUT2D eigenvalue weighted by Crippen LogP contribution is -2.16. The van der Waals surface area contributed by atoms with Gasteiger partial charge in [0.25, 0.3) is 0 Å². The van der Waals surface area contributed by atoms with Gasteiger partial charge in [-0.2, -0.15) is 5.26 Å². The number of aromatic nitrogens is 2. The van der Waals surface area contributed by atoms with Crippen molar-refractivity contribution in [3.05, 3.63) is 46.9 Å². The minimum absolute atomic E-state index is 0.0800. The van der Waals surface area contributed by atoms with Crippen LogP contribution >= 0.6 is 0 Å². The molecule has 1 aliphatic heterocycles. The van der Waals surface area contributed by atoms with E-state index in [1.54, 1.807) is 6.20 Å². The van der Waals surface area contributed by atoms with Crippen molar-refractivity contribution >= 4 is 5.69 Å². The molecule has 1 unspecified atom stereocenters. The van der Waals surface area contributed by atoms with Crippen LogP contribution in [0, 0.1) is 25.2 Å². The molecule has 1 fully saturated rings. The number of hydrogen-bond acceptors (Lipinski definition) is 6. The average molecular weight is 324 g/mol. The maximum Gasteiger partial charge on any atom is 0.213 e. The Morgan fingerprint density at radius 1 is 1.42 bits per heavy atom. The van der Waals surface area contributed by atoms with E-state index in [0.717, 1.165) is 35.7 Å². The maximum atomic E-state index is 9.32. The first kappa shape index (κ1) is 16.2. The van der Waals surface area contributed by atoms with Crippen molar-refractivity contribution in [1.82, 2.24) is 9.97 Å². The number of aryl methyl sites for hydroxylation is 2. The van der Waals surface area contributed by atoms with Gasteiger partial charge in [-0.05, 0) is 31.5 Å². The van der Waals surface area contributed by atoms with E-state index in [9.17, 15) is 5.26 Å². The van der Waals surface area contributed by atoms with Crippen LogP contribution in [-0.4, -0.2) is 29.3 Å². The normalized spacial score (nSPS) is 16.6. The molecule has 0 bridgehead atoms. The fraction of sp³-hybridized carbons (Fsp3) is 0.389. The van der Waals surface area contributed by atoms with Crippen molar-refractivity contribution in [3.8, 4) is 11.9 Å². The summed E-state index contributed by atoms with van der Waals surface area (Å²) in [6.07, 6.45) is 2.71. The van der Waals surface area contributed by atoms with Gasteiger partial charge in [0, 0.05) is 30.9 Å². The van der Waals surface area contributed by atoms with E-state index in [2.05, 4.69) is 21.4 Å². The second-order valence-corrected chi connectivity index (χ2v) is 5.84. The van der Waals surface area contributed by atoms with E-state index in [-0.39, 0.29) is 6.10 Å². The molecule has 3 rings (SSSR count). The fourth-order valence-electron chi connectivity index (χ4n) is 2.71. The SMILES string of the molecule is Cc1cc(NCc2ccnc(OC3CCOC3)c2)c(C#N)c(C)n1. The molecule has 6 nitrogen and oxygen atoms in total. The quantitative estimate of drug-likeness (QED) is 0.911. The van der Waals surface area contributed by atoms with Gasteiger partial charge < -0.3 is 14.8 Å². The molecule has 0 aromatic carbocycles. The summed E-state index contributed by atoms with van der Waals surface area (Å²) >= 11 is 0. The molecule has 1 saturated heterocycles. The van der Waals surface area contributed by atoms with Crippen LogP contribution in [0.5, 0.6) is 5.88 Å². The van der Waals surface area contributed by atoms with Gasteiger partial charge in [0.1, 0.15) is 12.2 Å². The zero-order chi connectivity index (χ0) is 16.9. The standard InChI is InChI=1S/C18H20N4O2/c1-12-7-17(16(9-19)13(2)22-12)21-10-14-3-5-20-18(8-14)24-15-4-6-23-11-15/h3,5,7-8,15H,4,6,10-11H2,1-2H3,(H,21,22). The average Bonchev–Trinajstić information content (AvgIpc) is 3.06. The van der Waals surface area contributed by atoms with Gasteiger partial charge in [-0.3, -0.25) is 4.98 Å². The molecule has 0 saturated carbocycles. The first-order valence-corrected chi connectivity index (χ1v) is 7.97.